The molecule has 1 aromatic carbocycles. The van der Waals surface area contributed by atoms with E-state index < -0.39 is 12.0 Å². The number of carbonyl (C=O) groups is 2. The van der Waals surface area contributed by atoms with Crippen LogP contribution in [0, 0.1) is 0 Å². The Morgan fingerprint density at radius 1 is 1.35 bits per heavy atom. The summed E-state index contributed by atoms with van der Waals surface area (Å²) in [5.41, 5.74) is 0.959. The largest absolute Gasteiger partial charge is 0.476 e. The number of carboxylic acid groups (broad SMARTS) is 1. The van der Waals surface area contributed by atoms with E-state index in [1.54, 1.807) is 4.57 Å². The van der Waals surface area contributed by atoms with E-state index in [1.165, 1.54) is 6.20 Å². The van der Waals surface area contributed by atoms with E-state index in [2.05, 4.69) is 10.3 Å². The van der Waals surface area contributed by atoms with Crippen LogP contribution in [0.15, 0.2) is 36.5 Å². The monoisotopic (exact) mass is 315 g/mol. The zero-order chi connectivity index (χ0) is 16.2. The Bertz CT molecular complexity index is 686. The number of ether oxygens (including phenoxy) is 1. The summed E-state index contributed by atoms with van der Waals surface area (Å²) in [4.78, 5) is 27.1. The first-order chi connectivity index (χ1) is 11.1. The van der Waals surface area contributed by atoms with Crippen LogP contribution >= 0.6 is 0 Å². The lowest BCUT2D eigenvalue weighted by molar-refractivity contribution is -0.147. The van der Waals surface area contributed by atoms with Crippen LogP contribution in [0.25, 0.3) is 0 Å². The summed E-state index contributed by atoms with van der Waals surface area (Å²) >= 11 is 0. The zero-order valence-corrected chi connectivity index (χ0v) is 12.4. The van der Waals surface area contributed by atoms with Crippen molar-refractivity contribution >= 4 is 11.9 Å². The van der Waals surface area contributed by atoms with Crippen LogP contribution in [0.4, 0.5) is 0 Å². The first-order valence-corrected chi connectivity index (χ1v) is 7.37. The van der Waals surface area contributed by atoms with Crippen LogP contribution in [0.1, 0.15) is 28.3 Å². The Hall–Kier alpha value is -2.67. The Morgan fingerprint density at radius 2 is 2.13 bits per heavy atom. The normalized spacial score (nSPS) is 17.1. The molecular weight excluding hydrogens is 298 g/mol. The first-order valence-electron chi connectivity index (χ1n) is 7.37. The van der Waals surface area contributed by atoms with Gasteiger partial charge in [-0.1, -0.05) is 30.3 Å². The average molecular weight is 315 g/mol. The summed E-state index contributed by atoms with van der Waals surface area (Å²) in [7, 11) is 0. The second-order valence-corrected chi connectivity index (χ2v) is 5.36. The molecule has 120 valence electrons. The van der Waals surface area contributed by atoms with Gasteiger partial charge in [0.15, 0.2) is 5.69 Å². The number of carboxylic acids is 1. The molecule has 1 aliphatic rings. The fourth-order valence-corrected chi connectivity index (χ4v) is 2.51. The highest BCUT2D eigenvalue weighted by Crippen LogP contribution is 2.12. The topological polar surface area (TPSA) is 93.5 Å². The number of aromatic nitrogens is 2. The fourth-order valence-electron chi connectivity index (χ4n) is 2.51. The molecule has 0 fully saturated rings. The van der Waals surface area contributed by atoms with Gasteiger partial charge in [-0.2, -0.15) is 0 Å². The lowest BCUT2D eigenvalue weighted by atomic mass is 10.2. The Balaban J connectivity index is 1.57. The van der Waals surface area contributed by atoms with Crippen molar-refractivity contribution in [3.05, 3.63) is 53.6 Å². The molecule has 1 unspecified atom stereocenters. The highest BCUT2D eigenvalue weighted by atomic mass is 16.5. The molecule has 7 heteroatoms. The summed E-state index contributed by atoms with van der Waals surface area (Å²) in [6.07, 6.45) is 2.02. The summed E-state index contributed by atoms with van der Waals surface area (Å²) in [5, 5.41) is 12.0. The molecule has 1 aliphatic heterocycles. The maximum absolute atomic E-state index is 12.2. The molecule has 0 spiro atoms. The van der Waals surface area contributed by atoms with Gasteiger partial charge in [0, 0.05) is 12.7 Å². The summed E-state index contributed by atoms with van der Waals surface area (Å²) in [6.45, 7) is 1.09. The van der Waals surface area contributed by atoms with Crippen LogP contribution in [0.5, 0.6) is 0 Å². The Morgan fingerprint density at radius 3 is 2.87 bits per heavy atom. The number of esters is 1. The minimum Gasteiger partial charge on any atom is -0.476 e. The molecule has 0 radical (unpaired) electrons. The second-order valence-electron chi connectivity index (χ2n) is 5.36. The quantitative estimate of drug-likeness (QED) is 0.823. The van der Waals surface area contributed by atoms with Crippen molar-refractivity contribution in [2.75, 3.05) is 0 Å². The van der Waals surface area contributed by atoms with Crippen molar-refractivity contribution in [1.82, 2.24) is 14.9 Å². The van der Waals surface area contributed by atoms with Gasteiger partial charge in [-0.15, -0.1) is 0 Å². The van der Waals surface area contributed by atoms with Gasteiger partial charge >= 0.3 is 11.9 Å². The van der Waals surface area contributed by atoms with Crippen molar-refractivity contribution in [1.29, 1.82) is 0 Å². The summed E-state index contributed by atoms with van der Waals surface area (Å²) < 4.78 is 7.10. The lowest BCUT2D eigenvalue weighted by Crippen LogP contribution is -2.36. The molecule has 0 aliphatic carbocycles. The molecule has 23 heavy (non-hydrogen) atoms. The standard InChI is InChI=1S/C16H17N3O4/c20-15(21)13-9-19-7-6-12(17-8-14(19)18-13)16(22)23-10-11-4-2-1-3-5-11/h1-5,9,12,17H,6-8,10H2,(H,20,21). The summed E-state index contributed by atoms with van der Waals surface area (Å²) in [5.74, 6) is -0.747. The van der Waals surface area contributed by atoms with Gasteiger partial charge < -0.3 is 14.4 Å². The van der Waals surface area contributed by atoms with Crippen LogP contribution in [-0.4, -0.2) is 32.6 Å². The number of hydrogen-bond acceptors (Lipinski definition) is 5. The molecule has 3 rings (SSSR count). The smallest absolute Gasteiger partial charge is 0.356 e. The maximum atomic E-state index is 12.2. The van der Waals surface area contributed by atoms with Crippen molar-refractivity contribution in [3.63, 3.8) is 0 Å². The van der Waals surface area contributed by atoms with Gasteiger partial charge in [0.05, 0.1) is 6.54 Å². The predicted molar refractivity (Wildman–Crippen MR) is 80.7 cm³/mol. The number of nitrogens with zero attached hydrogens (tertiary/aromatic N) is 2. The molecule has 0 amide bonds. The molecular formula is C16H17N3O4. The van der Waals surface area contributed by atoms with Crippen LogP contribution in [0.2, 0.25) is 0 Å². The molecule has 0 saturated heterocycles. The first kappa shape index (κ1) is 15.2. The van der Waals surface area contributed by atoms with E-state index in [1.807, 2.05) is 30.3 Å². The van der Waals surface area contributed by atoms with Gasteiger partial charge in [0.25, 0.3) is 0 Å². The molecule has 2 aromatic rings. The number of rotatable bonds is 4. The number of hydrogen-bond donors (Lipinski definition) is 2. The maximum Gasteiger partial charge on any atom is 0.356 e. The Kier molecular flexibility index (Phi) is 4.38. The average Bonchev–Trinajstić information content (AvgIpc) is 2.87. The number of benzene rings is 1. The summed E-state index contributed by atoms with van der Waals surface area (Å²) in [6, 6.07) is 9.07. The third-order valence-corrected chi connectivity index (χ3v) is 3.75. The van der Waals surface area contributed by atoms with Crippen molar-refractivity contribution in [2.24, 2.45) is 0 Å². The second kappa shape index (κ2) is 6.62. The Labute approximate surface area is 132 Å². The molecule has 0 saturated carbocycles. The number of imidazole rings is 1. The highest BCUT2D eigenvalue weighted by molar-refractivity contribution is 5.85. The minimum atomic E-state index is -1.05. The predicted octanol–water partition coefficient (Wildman–Crippen LogP) is 1.19. The number of nitrogens with one attached hydrogen (secondary N) is 1. The fraction of sp³-hybridized carbons (Fsp3) is 0.312. The lowest BCUT2D eigenvalue weighted by Gasteiger charge is -2.14. The van der Waals surface area contributed by atoms with E-state index in [0.29, 0.717) is 25.3 Å². The molecule has 0 bridgehead atoms. The van der Waals surface area contributed by atoms with E-state index in [4.69, 9.17) is 9.84 Å². The van der Waals surface area contributed by atoms with Crippen molar-refractivity contribution in [3.8, 4) is 0 Å². The van der Waals surface area contributed by atoms with Crippen LogP contribution < -0.4 is 5.32 Å². The van der Waals surface area contributed by atoms with Gasteiger partial charge in [0.2, 0.25) is 0 Å². The van der Waals surface area contributed by atoms with Crippen LogP contribution in [0.3, 0.4) is 0 Å². The van der Waals surface area contributed by atoms with Gasteiger partial charge in [-0.3, -0.25) is 10.1 Å². The molecule has 2 heterocycles. The van der Waals surface area contributed by atoms with E-state index in [9.17, 15) is 9.59 Å². The molecule has 7 nitrogen and oxygen atoms in total. The van der Waals surface area contributed by atoms with E-state index in [-0.39, 0.29) is 18.3 Å². The minimum absolute atomic E-state index is 0.0203. The zero-order valence-electron chi connectivity index (χ0n) is 12.4. The van der Waals surface area contributed by atoms with E-state index in [0.717, 1.165) is 5.56 Å². The molecule has 1 aromatic heterocycles. The highest BCUT2D eigenvalue weighted by Gasteiger charge is 2.25. The van der Waals surface area contributed by atoms with Crippen LogP contribution in [-0.2, 0) is 29.2 Å². The van der Waals surface area contributed by atoms with Crippen molar-refractivity contribution < 1.29 is 19.4 Å². The van der Waals surface area contributed by atoms with Crippen molar-refractivity contribution in [2.45, 2.75) is 32.2 Å². The number of aryl methyl sites for hydroxylation is 1. The SMILES string of the molecule is O=C(O)c1cn2c(n1)CNC(C(=O)OCc1ccccc1)CC2. The molecule has 1 atom stereocenters. The van der Waals surface area contributed by atoms with Gasteiger partial charge in [-0.25, -0.2) is 9.78 Å². The molecule has 2 N–H and O–H groups in total. The van der Waals surface area contributed by atoms with E-state index >= 15 is 0 Å². The third-order valence-electron chi connectivity index (χ3n) is 3.75. The number of fused-ring (bicyclic) bond motifs is 1. The third kappa shape index (κ3) is 3.57. The number of aromatic carboxylic acids is 1. The van der Waals surface area contributed by atoms with Gasteiger partial charge in [-0.05, 0) is 12.0 Å². The van der Waals surface area contributed by atoms with Gasteiger partial charge in [0.1, 0.15) is 18.5 Å². The number of carbonyl (C=O) groups excluding carboxylic acids is 1.